The highest BCUT2D eigenvalue weighted by Crippen LogP contribution is 2.30. The molecule has 1 aromatic carbocycles. The molecule has 0 radical (unpaired) electrons. The number of rotatable bonds is 2. The molecule has 2 heterocycles. The fourth-order valence-corrected chi connectivity index (χ4v) is 3.22. The zero-order chi connectivity index (χ0) is 13.6. The first-order valence-electron chi connectivity index (χ1n) is 6.73. The average molecular weight is 280 g/mol. The fourth-order valence-electron chi connectivity index (χ4n) is 3.05. The number of nitrogens with one attached hydrogen (secondary N) is 1. The molecule has 5 heteroatoms. The van der Waals surface area contributed by atoms with Crippen LogP contribution in [0.5, 0.6) is 0 Å². The Morgan fingerprint density at radius 3 is 2.95 bits per heavy atom. The molecule has 3 rings (SSSR count). The van der Waals surface area contributed by atoms with Crippen LogP contribution in [-0.2, 0) is 0 Å². The summed E-state index contributed by atoms with van der Waals surface area (Å²) in [5, 5.41) is 0.646. The molecule has 1 atom stereocenters. The minimum absolute atomic E-state index is 0.0465. The molecule has 1 aromatic heterocycles. The molecule has 1 aliphatic rings. The topological polar surface area (TPSA) is 41.0 Å². The van der Waals surface area contributed by atoms with E-state index in [1.54, 1.807) is 0 Å². The summed E-state index contributed by atoms with van der Waals surface area (Å²) < 4.78 is 1.87. The van der Waals surface area contributed by atoms with E-state index in [2.05, 4.69) is 23.7 Å². The second-order valence-electron chi connectivity index (χ2n) is 5.42. The van der Waals surface area contributed by atoms with Gasteiger partial charge in [0, 0.05) is 17.6 Å². The minimum Gasteiger partial charge on any atom is -0.305 e. The number of benzene rings is 1. The first-order chi connectivity index (χ1) is 9.08. The number of hydrogen-bond donors (Lipinski definition) is 1. The van der Waals surface area contributed by atoms with Gasteiger partial charge in [0.1, 0.15) is 0 Å². The van der Waals surface area contributed by atoms with Gasteiger partial charge in [0.05, 0.1) is 17.2 Å². The van der Waals surface area contributed by atoms with Crippen LogP contribution in [-0.4, -0.2) is 27.0 Å². The molecular formula is C14H18ClN3O. The third kappa shape index (κ3) is 2.09. The standard InChI is InChI=1S/C14H18ClN3O/c1-9(2)17-7-3-4-13(17)18-12-6-5-10(15)8-11(12)16-14(18)19/h5-6,8-9,13H,3-4,7H2,1-2H3,(H,16,19). The van der Waals surface area contributed by atoms with Crippen molar-refractivity contribution in [2.45, 2.75) is 38.9 Å². The maximum Gasteiger partial charge on any atom is 0.327 e. The summed E-state index contributed by atoms with van der Waals surface area (Å²) in [6.45, 7) is 5.40. The number of nitrogens with zero attached hydrogens (tertiary/aromatic N) is 2. The highest BCUT2D eigenvalue weighted by molar-refractivity contribution is 6.31. The molecule has 1 fully saturated rings. The van der Waals surface area contributed by atoms with Crippen LogP contribution in [0, 0.1) is 0 Å². The van der Waals surface area contributed by atoms with E-state index in [1.807, 2.05) is 22.8 Å². The maximum atomic E-state index is 12.2. The van der Waals surface area contributed by atoms with Crippen LogP contribution in [0.25, 0.3) is 11.0 Å². The molecule has 19 heavy (non-hydrogen) atoms. The van der Waals surface area contributed by atoms with Gasteiger partial charge in [-0.25, -0.2) is 4.79 Å². The lowest BCUT2D eigenvalue weighted by molar-refractivity contribution is 0.152. The molecule has 4 nitrogen and oxygen atoms in total. The third-order valence-corrected chi connectivity index (χ3v) is 4.14. The molecular weight excluding hydrogens is 262 g/mol. The smallest absolute Gasteiger partial charge is 0.305 e. The number of imidazole rings is 1. The predicted molar refractivity (Wildman–Crippen MR) is 77.7 cm³/mol. The van der Waals surface area contributed by atoms with E-state index >= 15 is 0 Å². The van der Waals surface area contributed by atoms with Crippen molar-refractivity contribution in [3.8, 4) is 0 Å². The molecule has 1 saturated heterocycles. The molecule has 2 aromatic rings. The fraction of sp³-hybridized carbons (Fsp3) is 0.500. The Hall–Kier alpha value is -1.26. The summed E-state index contributed by atoms with van der Waals surface area (Å²) in [5.41, 5.74) is 1.70. The van der Waals surface area contributed by atoms with Gasteiger partial charge >= 0.3 is 5.69 Å². The Kier molecular flexibility index (Phi) is 3.15. The third-order valence-electron chi connectivity index (χ3n) is 3.90. The molecule has 1 N–H and O–H groups in total. The summed E-state index contributed by atoms with van der Waals surface area (Å²) in [7, 11) is 0. The minimum atomic E-state index is -0.0465. The number of aromatic nitrogens is 2. The van der Waals surface area contributed by atoms with Gasteiger partial charge in [-0.3, -0.25) is 9.47 Å². The Morgan fingerprint density at radius 1 is 1.42 bits per heavy atom. The van der Waals surface area contributed by atoms with Crippen LogP contribution in [0.2, 0.25) is 5.02 Å². The van der Waals surface area contributed by atoms with E-state index < -0.39 is 0 Å². The molecule has 0 aliphatic carbocycles. The Labute approximate surface area is 117 Å². The summed E-state index contributed by atoms with van der Waals surface area (Å²) in [6.07, 6.45) is 2.31. The van der Waals surface area contributed by atoms with Crippen LogP contribution in [0.4, 0.5) is 0 Å². The van der Waals surface area contributed by atoms with E-state index in [1.165, 1.54) is 0 Å². The highest BCUT2D eigenvalue weighted by atomic mass is 35.5. The second kappa shape index (κ2) is 4.69. The molecule has 0 bridgehead atoms. The van der Waals surface area contributed by atoms with Gasteiger partial charge < -0.3 is 4.98 Å². The largest absolute Gasteiger partial charge is 0.327 e. The van der Waals surface area contributed by atoms with Gasteiger partial charge in [0.15, 0.2) is 0 Å². The lowest BCUT2D eigenvalue weighted by Crippen LogP contribution is -2.37. The normalized spacial score (nSPS) is 20.7. The predicted octanol–water partition coefficient (Wildman–Crippen LogP) is 2.99. The van der Waals surface area contributed by atoms with Crippen molar-refractivity contribution in [1.29, 1.82) is 0 Å². The lowest BCUT2D eigenvalue weighted by Gasteiger charge is -2.29. The summed E-state index contributed by atoms with van der Waals surface area (Å²) in [6, 6.07) is 6.01. The molecule has 1 unspecified atom stereocenters. The number of hydrogen-bond acceptors (Lipinski definition) is 2. The molecule has 1 aliphatic heterocycles. The van der Waals surface area contributed by atoms with E-state index in [4.69, 9.17) is 11.6 Å². The van der Waals surface area contributed by atoms with Gasteiger partial charge in [-0.15, -0.1) is 0 Å². The number of halogens is 1. The van der Waals surface area contributed by atoms with Gasteiger partial charge in [-0.05, 0) is 44.9 Å². The second-order valence-corrected chi connectivity index (χ2v) is 5.85. The first kappa shape index (κ1) is 12.8. The quantitative estimate of drug-likeness (QED) is 0.918. The van der Waals surface area contributed by atoms with E-state index in [9.17, 15) is 4.79 Å². The van der Waals surface area contributed by atoms with Crippen LogP contribution < -0.4 is 5.69 Å². The van der Waals surface area contributed by atoms with Gasteiger partial charge in [0.25, 0.3) is 0 Å². The van der Waals surface area contributed by atoms with Crippen molar-refractivity contribution in [3.05, 3.63) is 33.7 Å². The number of likely N-dealkylation sites (tertiary alicyclic amines) is 1. The van der Waals surface area contributed by atoms with E-state index in [0.717, 1.165) is 30.4 Å². The SMILES string of the molecule is CC(C)N1CCCC1n1c(=O)[nH]c2cc(Cl)ccc21. The number of aromatic amines is 1. The molecule has 102 valence electrons. The first-order valence-corrected chi connectivity index (χ1v) is 7.11. The summed E-state index contributed by atoms with van der Waals surface area (Å²) in [5.74, 6) is 0. The van der Waals surface area contributed by atoms with Gasteiger partial charge in [-0.1, -0.05) is 11.6 Å². The molecule has 0 amide bonds. The van der Waals surface area contributed by atoms with E-state index in [-0.39, 0.29) is 11.9 Å². The highest BCUT2D eigenvalue weighted by Gasteiger charge is 2.30. The summed E-state index contributed by atoms with van der Waals surface area (Å²) >= 11 is 5.98. The maximum absolute atomic E-state index is 12.2. The van der Waals surface area contributed by atoms with Gasteiger partial charge in [-0.2, -0.15) is 0 Å². The van der Waals surface area contributed by atoms with Crippen molar-refractivity contribution >= 4 is 22.6 Å². The van der Waals surface area contributed by atoms with Crippen molar-refractivity contribution in [2.24, 2.45) is 0 Å². The lowest BCUT2D eigenvalue weighted by atomic mass is 10.2. The average Bonchev–Trinajstić information content (AvgIpc) is 2.91. The van der Waals surface area contributed by atoms with Crippen molar-refractivity contribution < 1.29 is 0 Å². The zero-order valence-corrected chi connectivity index (χ0v) is 11.9. The summed E-state index contributed by atoms with van der Waals surface area (Å²) in [4.78, 5) is 17.5. The Bertz CT molecular complexity index is 658. The van der Waals surface area contributed by atoms with E-state index in [0.29, 0.717) is 11.1 Å². The number of fused-ring (bicyclic) bond motifs is 1. The van der Waals surface area contributed by atoms with Crippen molar-refractivity contribution in [2.75, 3.05) is 6.54 Å². The van der Waals surface area contributed by atoms with Crippen LogP contribution in [0.3, 0.4) is 0 Å². The van der Waals surface area contributed by atoms with Crippen LogP contribution >= 0.6 is 11.6 Å². The van der Waals surface area contributed by atoms with Crippen molar-refractivity contribution in [3.63, 3.8) is 0 Å². The zero-order valence-electron chi connectivity index (χ0n) is 11.2. The van der Waals surface area contributed by atoms with Crippen molar-refractivity contribution in [1.82, 2.24) is 14.5 Å². The number of H-pyrrole nitrogens is 1. The monoisotopic (exact) mass is 279 g/mol. The Morgan fingerprint density at radius 2 is 2.21 bits per heavy atom. The molecule has 0 saturated carbocycles. The Balaban J connectivity index is 2.14. The van der Waals surface area contributed by atoms with Crippen LogP contribution in [0.15, 0.2) is 23.0 Å². The molecule has 0 spiro atoms. The van der Waals surface area contributed by atoms with Gasteiger partial charge in [0.2, 0.25) is 0 Å². The van der Waals surface area contributed by atoms with Crippen LogP contribution in [0.1, 0.15) is 32.9 Å².